The quantitative estimate of drug-likeness (QED) is 0.774. The van der Waals surface area contributed by atoms with E-state index < -0.39 is 12.1 Å². The molecule has 0 fully saturated rings. The molecule has 0 aliphatic rings. The number of ether oxygens (including phenoxy) is 1. The molecule has 0 saturated heterocycles. The second kappa shape index (κ2) is 8.59. The molecular formula is C18H20FNO3S. The number of hydrogen-bond acceptors (Lipinski definition) is 4. The summed E-state index contributed by atoms with van der Waals surface area (Å²) < 4.78 is 18.3. The molecule has 128 valence electrons. The molecule has 4 nitrogen and oxygen atoms in total. The van der Waals surface area contributed by atoms with Gasteiger partial charge in [-0.15, -0.1) is 11.3 Å². The number of rotatable bonds is 7. The van der Waals surface area contributed by atoms with Crippen molar-refractivity contribution in [1.82, 2.24) is 5.32 Å². The van der Waals surface area contributed by atoms with E-state index in [0.29, 0.717) is 11.3 Å². The highest BCUT2D eigenvalue weighted by molar-refractivity contribution is 7.11. The van der Waals surface area contributed by atoms with Crippen LogP contribution in [0.3, 0.4) is 0 Å². The van der Waals surface area contributed by atoms with Gasteiger partial charge >= 0.3 is 5.97 Å². The number of esters is 1. The van der Waals surface area contributed by atoms with E-state index in [1.807, 2.05) is 13.8 Å². The van der Waals surface area contributed by atoms with Crippen LogP contribution < -0.4 is 5.32 Å². The molecule has 0 unspecified atom stereocenters. The number of carbonyl (C=O) groups excluding carboxylic acids is 2. The second-order valence-corrected chi connectivity index (χ2v) is 6.79. The number of benzene rings is 1. The molecule has 1 atom stereocenters. The zero-order valence-corrected chi connectivity index (χ0v) is 14.4. The molecule has 0 aliphatic carbocycles. The second-order valence-electron chi connectivity index (χ2n) is 5.85. The molecule has 0 spiro atoms. The van der Waals surface area contributed by atoms with Crippen molar-refractivity contribution < 1.29 is 18.7 Å². The third-order valence-electron chi connectivity index (χ3n) is 3.33. The Kier molecular flexibility index (Phi) is 6.49. The lowest BCUT2D eigenvalue weighted by Gasteiger charge is -2.19. The molecule has 2 rings (SSSR count). The smallest absolute Gasteiger partial charge is 0.349 e. The average Bonchev–Trinajstić information content (AvgIpc) is 3.07. The highest BCUT2D eigenvalue weighted by atomic mass is 32.1. The summed E-state index contributed by atoms with van der Waals surface area (Å²) in [4.78, 5) is 24.9. The van der Waals surface area contributed by atoms with Crippen LogP contribution in [-0.2, 0) is 16.1 Å². The molecule has 2 aromatic rings. The van der Waals surface area contributed by atoms with E-state index in [0.717, 1.165) is 5.56 Å². The third kappa shape index (κ3) is 5.45. The SMILES string of the molecule is CC(C)C[C@H](OC(=O)c1cccs1)C(=O)NCc1ccc(F)cc1. The molecule has 1 N–H and O–H groups in total. The minimum Gasteiger partial charge on any atom is -0.448 e. The van der Waals surface area contributed by atoms with E-state index in [1.54, 1.807) is 29.6 Å². The van der Waals surface area contributed by atoms with Crippen molar-refractivity contribution in [3.8, 4) is 0 Å². The van der Waals surface area contributed by atoms with Crippen LogP contribution >= 0.6 is 11.3 Å². The van der Waals surface area contributed by atoms with Gasteiger partial charge < -0.3 is 10.1 Å². The molecule has 0 bridgehead atoms. The Hall–Kier alpha value is -2.21. The van der Waals surface area contributed by atoms with Gasteiger partial charge in [-0.25, -0.2) is 9.18 Å². The lowest BCUT2D eigenvalue weighted by Crippen LogP contribution is -2.38. The van der Waals surface area contributed by atoms with Crippen LogP contribution in [0.5, 0.6) is 0 Å². The van der Waals surface area contributed by atoms with Crippen LogP contribution in [0.1, 0.15) is 35.5 Å². The highest BCUT2D eigenvalue weighted by Gasteiger charge is 2.25. The first-order valence-corrected chi connectivity index (χ1v) is 8.60. The predicted octanol–water partition coefficient (Wildman–Crippen LogP) is 3.78. The van der Waals surface area contributed by atoms with E-state index in [4.69, 9.17) is 4.74 Å². The van der Waals surface area contributed by atoms with Gasteiger partial charge in [0, 0.05) is 6.54 Å². The van der Waals surface area contributed by atoms with E-state index in [1.165, 1.54) is 23.5 Å². The van der Waals surface area contributed by atoms with Gasteiger partial charge in [0.05, 0.1) is 0 Å². The van der Waals surface area contributed by atoms with Crippen LogP contribution in [0.15, 0.2) is 41.8 Å². The summed E-state index contributed by atoms with van der Waals surface area (Å²) in [6.07, 6.45) is -0.410. The number of amides is 1. The molecule has 24 heavy (non-hydrogen) atoms. The molecule has 1 aromatic heterocycles. The van der Waals surface area contributed by atoms with Crippen molar-refractivity contribution in [2.45, 2.75) is 32.9 Å². The van der Waals surface area contributed by atoms with Gasteiger partial charge in [-0.05, 0) is 41.5 Å². The summed E-state index contributed by atoms with van der Waals surface area (Å²) in [5, 5.41) is 4.52. The van der Waals surface area contributed by atoms with Gasteiger partial charge in [-0.1, -0.05) is 32.0 Å². The zero-order chi connectivity index (χ0) is 17.5. The summed E-state index contributed by atoms with van der Waals surface area (Å²) in [7, 11) is 0. The molecule has 6 heteroatoms. The largest absolute Gasteiger partial charge is 0.448 e. The normalized spacial score (nSPS) is 12.0. The Balaban J connectivity index is 1.96. The standard InChI is InChI=1S/C18H20FNO3S/c1-12(2)10-15(23-18(22)16-4-3-9-24-16)17(21)20-11-13-5-7-14(19)8-6-13/h3-9,12,15H,10-11H2,1-2H3,(H,20,21)/t15-/m0/s1. The molecule has 0 radical (unpaired) electrons. The fourth-order valence-electron chi connectivity index (χ4n) is 2.12. The van der Waals surface area contributed by atoms with Crippen LogP contribution in [-0.4, -0.2) is 18.0 Å². The molecule has 0 aliphatic heterocycles. The molecule has 1 amide bonds. The van der Waals surface area contributed by atoms with Crippen LogP contribution in [0, 0.1) is 11.7 Å². The Morgan fingerprint density at radius 1 is 1.21 bits per heavy atom. The average molecular weight is 349 g/mol. The Labute approximate surface area is 144 Å². The molecular weight excluding hydrogens is 329 g/mol. The van der Waals surface area contributed by atoms with Crippen molar-refractivity contribution in [1.29, 1.82) is 0 Å². The number of thiophene rings is 1. The number of nitrogens with one attached hydrogen (secondary N) is 1. The minimum atomic E-state index is -0.847. The lowest BCUT2D eigenvalue weighted by molar-refractivity contribution is -0.130. The minimum absolute atomic E-state index is 0.197. The van der Waals surface area contributed by atoms with Crippen LogP contribution in [0.4, 0.5) is 4.39 Å². The molecule has 0 saturated carbocycles. The first kappa shape index (κ1) is 18.1. The fourth-order valence-corrected chi connectivity index (χ4v) is 2.73. The van der Waals surface area contributed by atoms with Gasteiger partial charge in [-0.2, -0.15) is 0 Å². The topological polar surface area (TPSA) is 55.4 Å². The summed E-state index contributed by atoms with van der Waals surface area (Å²) in [6, 6.07) is 9.30. The van der Waals surface area contributed by atoms with Crippen molar-refractivity contribution in [3.05, 3.63) is 58.0 Å². The number of carbonyl (C=O) groups is 2. The highest BCUT2D eigenvalue weighted by Crippen LogP contribution is 2.15. The van der Waals surface area contributed by atoms with E-state index in [9.17, 15) is 14.0 Å². The summed E-state index contributed by atoms with van der Waals surface area (Å²) in [5.41, 5.74) is 0.776. The van der Waals surface area contributed by atoms with Crippen LogP contribution in [0.25, 0.3) is 0 Å². The van der Waals surface area contributed by atoms with Gasteiger partial charge in [0.1, 0.15) is 10.7 Å². The van der Waals surface area contributed by atoms with E-state index in [2.05, 4.69) is 5.32 Å². The summed E-state index contributed by atoms with van der Waals surface area (Å²) in [6.45, 7) is 4.17. The maximum absolute atomic E-state index is 12.9. The fraction of sp³-hybridized carbons (Fsp3) is 0.333. The number of hydrogen-bond donors (Lipinski definition) is 1. The third-order valence-corrected chi connectivity index (χ3v) is 4.18. The van der Waals surface area contributed by atoms with Crippen molar-refractivity contribution in [3.63, 3.8) is 0 Å². The van der Waals surface area contributed by atoms with Crippen LogP contribution in [0.2, 0.25) is 0 Å². The van der Waals surface area contributed by atoms with Crippen molar-refractivity contribution in [2.75, 3.05) is 0 Å². The van der Waals surface area contributed by atoms with Gasteiger partial charge in [0.2, 0.25) is 0 Å². The lowest BCUT2D eigenvalue weighted by atomic mass is 10.1. The Morgan fingerprint density at radius 2 is 1.92 bits per heavy atom. The predicted molar refractivity (Wildman–Crippen MR) is 91.2 cm³/mol. The van der Waals surface area contributed by atoms with Gasteiger partial charge in [-0.3, -0.25) is 4.79 Å². The summed E-state index contributed by atoms with van der Waals surface area (Å²) in [5.74, 6) is -0.971. The van der Waals surface area contributed by atoms with Crippen molar-refractivity contribution >= 4 is 23.2 Å². The Morgan fingerprint density at radius 3 is 2.50 bits per heavy atom. The van der Waals surface area contributed by atoms with Gasteiger partial charge in [0.15, 0.2) is 6.10 Å². The monoisotopic (exact) mass is 349 g/mol. The molecule has 1 heterocycles. The Bertz CT molecular complexity index is 668. The number of halogens is 1. The van der Waals surface area contributed by atoms with Gasteiger partial charge in [0.25, 0.3) is 5.91 Å². The van der Waals surface area contributed by atoms with E-state index >= 15 is 0 Å². The zero-order valence-electron chi connectivity index (χ0n) is 13.6. The first-order valence-electron chi connectivity index (χ1n) is 7.72. The molecule has 1 aromatic carbocycles. The first-order chi connectivity index (χ1) is 11.5. The van der Waals surface area contributed by atoms with E-state index in [-0.39, 0.29) is 24.2 Å². The summed E-state index contributed by atoms with van der Waals surface area (Å²) >= 11 is 1.27. The van der Waals surface area contributed by atoms with Crippen molar-refractivity contribution in [2.24, 2.45) is 5.92 Å². The maximum Gasteiger partial charge on any atom is 0.349 e. The maximum atomic E-state index is 12.9.